The van der Waals surface area contributed by atoms with Gasteiger partial charge in [0.05, 0.1) is 0 Å². The summed E-state index contributed by atoms with van der Waals surface area (Å²) < 4.78 is 28.4. The van der Waals surface area contributed by atoms with Gasteiger partial charge in [-0.1, -0.05) is 51.1 Å². The van der Waals surface area contributed by atoms with Crippen molar-refractivity contribution in [3.63, 3.8) is 0 Å². The fraction of sp³-hybridized carbons (Fsp3) is 0.562. The Bertz CT molecular complexity index is 576. The Labute approximate surface area is 127 Å². The van der Waals surface area contributed by atoms with Crippen LogP contribution in [0.2, 0.25) is 0 Å². The minimum atomic E-state index is -3.44. The second-order valence-electron chi connectivity index (χ2n) is 5.89. The molecular weight excluding hydrogens is 288 g/mol. The quantitative estimate of drug-likeness (QED) is 0.758. The van der Waals surface area contributed by atoms with E-state index < -0.39 is 21.1 Å². The predicted molar refractivity (Wildman–Crippen MR) is 83.9 cm³/mol. The van der Waals surface area contributed by atoms with E-state index in [1.165, 1.54) is 6.92 Å². The lowest BCUT2D eigenvalue weighted by atomic mass is 9.78. The second-order valence-corrected chi connectivity index (χ2v) is 8.26. The van der Waals surface area contributed by atoms with Crippen LogP contribution in [0, 0.1) is 0 Å². The average Bonchev–Trinajstić information content (AvgIpc) is 2.43. The number of carbonyl (C=O) groups excluding carboxylic acids is 1. The Morgan fingerprint density at radius 1 is 1.24 bits per heavy atom. The van der Waals surface area contributed by atoms with Crippen LogP contribution >= 0.6 is 0 Å². The maximum Gasteiger partial charge on any atom is 0.324 e. The third-order valence-electron chi connectivity index (χ3n) is 3.93. The highest BCUT2D eigenvalue weighted by molar-refractivity contribution is 7.92. The number of rotatable bonds is 6. The van der Waals surface area contributed by atoms with Crippen LogP contribution < -0.4 is 0 Å². The number of esters is 1. The highest BCUT2D eigenvalue weighted by Gasteiger charge is 2.35. The molecule has 0 saturated carbocycles. The third kappa shape index (κ3) is 4.30. The van der Waals surface area contributed by atoms with Crippen molar-refractivity contribution < 1.29 is 17.9 Å². The first-order valence-electron chi connectivity index (χ1n) is 7.05. The van der Waals surface area contributed by atoms with Crippen molar-refractivity contribution in [1.82, 2.24) is 0 Å². The van der Waals surface area contributed by atoms with Gasteiger partial charge in [-0.2, -0.15) is 0 Å². The van der Waals surface area contributed by atoms with Gasteiger partial charge in [-0.3, -0.25) is 4.79 Å². The van der Waals surface area contributed by atoms with Crippen LogP contribution in [-0.4, -0.2) is 32.0 Å². The van der Waals surface area contributed by atoms with E-state index in [4.69, 9.17) is 4.74 Å². The number of hydrogen-bond acceptors (Lipinski definition) is 4. The van der Waals surface area contributed by atoms with Gasteiger partial charge in [-0.15, -0.1) is 0 Å². The van der Waals surface area contributed by atoms with E-state index in [0.29, 0.717) is 6.42 Å². The first-order chi connectivity index (χ1) is 9.60. The van der Waals surface area contributed by atoms with Gasteiger partial charge < -0.3 is 4.74 Å². The molecule has 0 bridgehead atoms. The van der Waals surface area contributed by atoms with Crippen LogP contribution in [0.15, 0.2) is 30.3 Å². The fourth-order valence-electron chi connectivity index (χ4n) is 2.21. The van der Waals surface area contributed by atoms with Crippen molar-refractivity contribution in [3.05, 3.63) is 35.9 Å². The van der Waals surface area contributed by atoms with E-state index >= 15 is 0 Å². The second kappa shape index (κ2) is 6.60. The Balaban J connectivity index is 2.96. The van der Waals surface area contributed by atoms with Gasteiger partial charge in [0, 0.05) is 11.7 Å². The zero-order chi connectivity index (χ0) is 16.3. The molecule has 0 radical (unpaired) electrons. The molecule has 0 saturated heterocycles. The predicted octanol–water partition coefficient (Wildman–Crippen LogP) is 2.72. The minimum absolute atomic E-state index is 0.378. The Morgan fingerprint density at radius 2 is 1.76 bits per heavy atom. The lowest BCUT2D eigenvalue weighted by Crippen LogP contribution is -2.40. The number of benzene rings is 1. The summed E-state index contributed by atoms with van der Waals surface area (Å²) in [6, 6.07) is 9.76. The van der Waals surface area contributed by atoms with Crippen LogP contribution in [0.4, 0.5) is 0 Å². The summed E-state index contributed by atoms with van der Waals surface area (Å²) in [5.74, 6) is -0.687. The number of carbonyl (C=O) groups is 1. The summed E-state index contributed by atoms with van der Waals surface area (Å²) in [5.41, 5.74) is 0.666. The summed E-state index contributed by atoms with van der Waals surface area (Å²) in [4.78, 5) is 12.0. The molecule has 0 N–H and O–H groups in total. The molecule has 2 atom stereocenters. The molecule has 2 unspecified atom stereocenters. The molecule has 0 aliphatic carbocycles. The number of ether oxygens (including phenoxy) is 1. The Hall–Kier alpha value is -1.36. The van der Waals surface area contributed by atoms with Crippen molar-refractivity contribution in [3.8, 4) is 0 Å². The molecule has 1 aromatic carbocycles. The molecule has 0 heterocycles. The van der Waals surface area contributed by atoms with Gasteiger partial charge in [0.15, 0.2) is 15.1 Å². The highest BCUT2D eigenvalue weighted by Crippen LogP contribution is 2.31. The van der Waals surface area contributed by atoms with Crippen molar-refractivity contribution in [2.75, 3.05) is 6.26 Å². The van der Waals surface area contributed by atoms with Gasteiger partial charge in [0.2, 0.25) is 0 Å². The Kier molecular flexibility index (Phi) is 5.56. The van der Waals surface area contributed by atoms with Crippen LogP contribution in [-0.2, 0) is 24.8 Å². The molecule has 0 fully saturated rings. The topological polar surface area (TPSA) is 60.4 Å². The fourth-order valence-corrected chi connectivity index (χ4v) is 2.61. The molecular formula is C16H24O4S. The smallest absolute Gasteiger partial charge is 0.324 e. The van der Waals surface area contributed by atoms with Gasteiger partial charge >= 0.3 is 5.97 Å². The van der Waals surface area contributed by atoms with E-state index in [-0.39, 0.29) is 11.5 Å². The molecule has 0 amide bonds. The van der Waals surface area contributed by atoms with Crippen LogP contribution in [0.1, 0.15) is 39.7 Å². The lowest BCUT2D eigenvalue weighted by molar-refractivity contribution is -0.151. The first-order valence-corrected chi connectivity index (χ1v) is 9.01. The number of sulfone groups is 1. The van der Waals surface area contributed by atoms with Gasteiger partial charge in [-0.25, -0.2) is 8.42 Å². The SMILES string of the molecule is CCC(OC(=O)C(C)S(C)(=O)=O)C(C)(C)c1ccccc1. The molecule has 4 nitrogen and oxygen atoms in total. The van der Waals surface area contributed by atoms with Crippen LogP contribution in [0.25, 0.3) is 0 Å². The molecule has 118 valence electrons. The monoisotopic (exact) mass is 312 g/mol. The van der Waals surface area contributed by atoms with Gasteiger partial charge in [-0.05, 0) is 18.9 Å². The summed E-state index contributed by atoms with van der Waals surface area (Å²) >= 11 is 0. The van der Waals surface area contributed by atoms with Crippen LogP contribution in [0.3, 0.4) is 0 Å². The zero-order valence-electron chi connectivity index (χ0n) is 13.3. The third-order valence-corrected chi connectivity index (χ3v) is 5.40. The van der Waals surface area contributed by atoms with E-state index in [0.717, 1.165) is 11.8 Å². The van der Waals surface area contributed by atoms with E-state index in [1.54, 1.807) is 0 Å². The standard InChI is InChI=1S/C16H24O4S/c1-6-14(20-15(17)12(2)21(5,18)19)16(3,4)13-10-8-7-9-11-13/h7-12,14H,6H2,1-5H3. The van der Waals surface area contributed by atoms with E-state index in [1.807, 2.05) is 51.1 Å². The van der Waals surface area contributed by atoms with Crippen molar-refractivity contribution in [2.24, 2.45) is 0 Å². The van der Waals surface area contributed by atoms with Crippen molar-refractivity contribution in [2.45, 2.75) is 50.9 Å². The van der Waals surface area contributed by atoms with Crippen LogP contribution in [0.5, 0.6) is 0 Å². The summed E-state index contributed by atoms with van der Waals surface area (Å²) in [5, 5.41) is -1.14. The van der Waals surface area contributed by atoms with Crippen molar-refractivity contribution >= 4 is 15.8 Å². The Morgan fingerprint density at radius 3 is 2.19 bits per heavy atom. The molecule has 0 aliphatic rings. The molecule has 21 heavy (non-hydrogen) atoms. The zero-order valence-corrected chi connectivity index (χ0v) is 14.1. The maximum absolute atomic E-state index is 12.0. The molecule has 1 aromatic rings. The van der Waals surface area contributed by atoms with E-state index in [9.17, 15) is 13.2 Å². The molecule has 0 spiro atoms. The average molecular weight is 312 g/mol. The van der Waals surface area contributed by atoms with E-state index in [2.05, 4.69) is 0 Å². The van der Waals surface area contributed by atoms with Crippen molar-refractivity contribution in [1.29, 1.82) is 0 Å². The first kappa shape index (κ1) is 17.7. The highest BCUT2D eigenvalue weighted by atomic mass is 32.2. The lowest BCUT2D eigenvalue weighted by Gasteiger charge is -2.34. The minimum Gasteiger partial charge on any atom is -0.461 e. The normalized spacial score (nSPS) is 15.3. The summed E-state index contributed by atoms with van der Waals surface area (Å²) in [6.07, 6.45) is 1.28. The largest absolute Gasteiger partial charge is 0.461 e. The molecule has 1 rings (SSSR count). The van der Waals surface area contributed by atoms with Gasteiger partial charge in [0.1, 0.15) is 6.10 Å². The summed E-state index contributed by atoms with van der Waals surface area (Å²) in [6.45, 7) is 7.28. The molecule has 0 aromatic heterocycles. The maximum atomic E-state index is 12.0. The molecule has 5 heteroatoms. The number of hydrogen-bond donors (Lipinski definition) is 0. The summed E-state index contributed by atoms with van der Waals surface area (Å²) in [7, 11) is -3.44. The molecule has 0 aliphatic heterocycles. The van der Waals surface area contributed by atoms with Gasteiger partial charge in [0.25, 0.3) is 0 Å².